The van der Waals surface area contributed by atoms with Gasteiger partial charge in [0, 0.05) is 12.1 Å². The van der Waals surface area contributed by atoms with Crippen LogP contribution in [0.3, 0.4) is 0 Å². The Morgan fingerprint density at radius 3 is 2.89 bits per heavy atom. The number of phenols is 1. The Balaban J connectivity index is 2.08. The Bertz CT molecular complexity index is 587. The quantitative estimate of drug-likeness (QED) is 0.887. The first kappa shape index (κ1) is 12.3. The molecule has 0 atom stereocenters. The van der Waals surface area contributed by atoms with Crippen LogP contribution in [-0.4, -0.2) is 12.2 Å². The second-order valence-electron chi connectivity index (χ2n) is 3.62. The van der Waals surface area contributed by atoms with Crippen LogP contribution >= 0.6 is 11.3 Å². The summed E-state index contributed by atoms with van der Waals surface area (Å²) in [7, 11) is 1.59. The first-order valence-corrected chi connectivity index (χ1v) is 6.14. The molecular weight excluding hydrogens is 248 g/mol. The summed E-state index contributed by atoms with van der Waals surface area (Å²) in [6.07, 6.45) is 0. The molecule has 0 radical (unpaired) electrons. The molecule has 0 saturated carbocycles. The standard InChI is InChI=1S/C13H12N2O2S/c1-17-10-2-4-12(16)9(6-10)8-15-13-5-3-11(7-14)18-13/h2-6,15-16H,8H2,1H3. The molecular formula is C13H12N2O2S. The van der Waals surface area contributed by atoms with Gasteiger partial charge >= 0.3 is 0 Å². The molecule has 2 aromatic rings. The summed E-state index contributed by atoms with van der Waals surface area (Å²) in [5.74, 6) is 0.925. The maximum absolute atomic E-state index is 9.72. The number of anilines is 1. The third-order valence-corrected chi connectivity index (χ3v) is 3.40. The lowest BCUT2D eigenvalue weighted by Gasteiger charge is -2.08. The van der Waals surface area contributed by atoms with Crippen molar-refractivity contribution in [2.75, 3.05) is 12.4 Å². The number of benzene rings is 1. The van der Waals surface area contributed by atoms with Crippen molar-refractivity contribution in [3.05, 3.63) is 40.8 Å². The van der Waals surface area contributed by atoms with Crippen molar-refractivity contribution in [3.8, 4) is 17.6 Å². The number of hydrogen-bond donors (Lipinski definition) is 2. The number of nitriles is 1. The molecule has 18 heavy (non-hydrogen) atoms. The number of rotatable bonds is 4. The number of nitrogens with zero attached hydrogens (tertiary/aromatic N) is 1. The summed E-state index contributed by atoms with van der Waals surface area (Å²) in [5, 5.41) is 22.5. The van der Waals surface area contributed by atoms with Crippen LogP contribution in [0, 0.1) is 11.3 Å². The molecule has 5 heteroatoms. The van der Waals surface area contributed by atoms with Gasteiger partial charge in [0.2, 0.25) is 0 Å². The van der Waals surface area contributed by atoms with E-state index in [0.717, 1.165) is 10.6 Å². The fraction of sp³-hybridized carbons (Fsp3) is 0.154. The monoisotopic (exact) mass is 260 g/mol. The highest BCUT2D eigenvalue weighted by molar-refractivity contribution is 7.16. The van der Waals surface area contributed by atoms with Crippen LogP contribution in [0.1, 0.15) is 10.4 Å². The molecule has 0 amide bonds. The van der Waals surface area contributed by atoms with Gasteiger partial charge in [-0.2, -0.15) is 5.26 Å². The van der Waals surface area contributed by atoms with Gasteiger partial charge < -0.3 is 15.2 Å². The fourth-order valence-electron chi connectivity index (χ4n) is 1.51. The van der Waals surface area contributed by atoms with Crippen molar-refractivity contribution in [2.24, 2.45) is 0 Å². The van der Waals surface area contributed by atoms with Crippen molar-refractivity contribution >= 4 is 16.3 Å². The molecule has 92 valence electrons. The summed E-state index contributed by atoms with van der Waals surface area (Å²) < 4.78 is 5.10. The highest BCUT2D eigenvalue weighted by Gasteiger charge is 2.04. The third kappa shape index (κ3) is 2.73. The average molecular weight is 260 g/mol. The van der Waals surface area contributed by atoms with E-state index in [2.05, 4.69) is 11.4 Å². The Morgan fingerprint density at radius 1 is 1.39 bits per heavy atom. The van der Waals surface area contributed by atoms with Gasteiger partial charge in [0.1, 0.15) is 22.4 Å². The molecule has 0 fully saturated rings. The van der Waals surface area contributed by atoms with Gasteiger partial charge in [0.25, 0.3) is 0 Å². The van der Waals surface area contributed by atoms with Gasteiger partial charge in [-0.25, -0.2) is 0 Å². The summed E-state index contributed by atoms with van der Waals surface area (Å²) >= 11 is 1.38. The van der Waals surface area contributed by atoms with Crippen molar-refractivity contribution < 1.29 is 9.84 Å². The zero-order chi connectivity index (χ0) is 13.0. The predicted molar refractivity (Wildman–Crippen MR) is 71.0 cm³/mol. The molecule has 0 unspecified atom stereocenters. The molecule has 0 spiro atoms. The number of phenolic OH excluding ortho intramolecular Hbond substituents is 1. The molecule has 1 aromatic carbocycles. The molecule has 1 aromatic heterocycles. The highest BCUT2D eigenvalue weighted by atomic mass is 32.1. The van der Waals surface area contributed by atoms with Gasteiger partial charge in [0.15, 0.2) is 0 Å². The smallest absolute Gasteiger partial charge is 0.120 e. The molecule has 0 aliphatic carbocycles. The number of methoxy groups -OCH3 is 1. The predicted octanol–water partition coefficient (Wildman–Crippen LogP) is 2.95. The van der Waals surface area contributed by atoms with Gasteiger partial charge in [-0.1, -0.05) is 0 Å². The topological polar surface area (TPSA) is 65.3 Å². The third-order valence-electron chi connectivity index (χ3n) is 2.46. The Hall–Kier alpha value is -2.19. The van der Waals surface area contributed by atoms with E-state index in [1.54, 1.807) is 31.4 Å². The van der Waals surface area contributed by atoms with Crippen LogP contribution in [-0.2, 0) is 6.54 Å². The molecule has 0 aliphatic rings. The van der Waals surface area contributed by atoms with Crippen molar-refractivity contribution in [1.82, 2.24) is 0 Å². The largest absolute Gasteiger partial charge is 0.508 e. The zero-order valence-electron chi connectivity index (χ0n) is 9.80. The summed E-state index contributed by atoms with van der Waals surface area (Å²) in [6, 6.07) is 10.8. The average Bonchev–Trinajstić information content (AvgIpc) is 2.86. The SMILES string of the molecule is COc1ccc(O)c(CNc2ccc(C#N)s2)c1. The fourth-order valence-corrected chi connectivity index (χ4v) is 2.20. The Labute approximate surface area is 109 Å². The van der Waals surface area contributed by atoms with E-state index in [-0.39, 0.29) is 5.75 Å². The van der Waals surface area contributed by atoms with E-state index in [0.29, 0.717) is 17.2 Å². The lowest BCUT2D eigenvalue weighted by molar-refractivity contribution is 0.411. The summed E-state index contributed by atoms with van der Waals surface area (Å²) in [4.78, 5) is 0.660. The van der Waals surface area contributed by atoms with Crippen LogP contribution < -0.4 is 10.1 Å². The molecule has 0 aliphatic heterocycles. The number of thiophene rings is 1. The number of aromatic hydroxyl groups is 1. The van der Waals surface area contributed by atoms with Crippen molar-refractivity contribution in [3.63, 3.8) is 0 Å². The molecule has 4 nitrogen and oxygen atoms in total. The van der Waals surface area contributed by atoms with Gasteiger partial charge in [-0.05, 0) is 30.3 Å². The first-order chi connectivity index (χ1) is 8.72. The highest BCUT2D eigenvalue weighted by Crippen LogP contribution is 2.26. The van der Waals surface area contributed by atoms with Crippen molar-refractivity contribution in [1.29, 1.82) is 5.26 Å². The van der Waals surface area contributed by atoms with Crippen LogP contribution in [0.2, 0.25) is 0 Å². The normalized spacial score (nSPS) is 9.78. The maximum Gasteiger partial charge on any atom is 0.120 e. The Morgan fingerprint density at radius 2 is 2.22 bits per heavy atom. The van der Waals surface area contributed by atoms with E-state index >= 15 is 0 Å². The first-order valence-electron chi connectivity index (χ1n) is 5.32. The van der Waals surface area contributed by atoms with E-state index in [4.69, 9.17) is 10.00 Å². The molecule has 2 rings (SSSR count). The lowest BCUT2D eigenvalue weighted by atomic mass is 10.2. The zero-order valence-corrected chi connectivity index (χ0v) is 10.6. The minimum absolute atomic E-state index is 0.223. The maximum atomic E-state index is 9.72. The van der Waals surface area contributed by atoms with Gasteiger partial charge in [0.05, 0.1) is 12.1 Å². The van der Waals surface area contributed by atoms with Crippen LogP contribution in [0.25, 0.3) is 0 Å². The summed E-state index contributed by atoms with van der Waals surface area (Å²) in [5.41, 5.74) is 0.751. The number of nitrogens with one attached hydrogen (secondary N) is 1. The summed E-state index contributed by atoms with van der Waals surface area (Å²) in [6.45, 7) is 0.481. The van der Waals surface area contributed by atoms with Crippen LogP contribution in [0.4, 0.5) is 5.00 Å². The second-order valence-corrected chi connectivity index (χ2v) is 4.71. The lowest BCUT2D eigenvalue weighted by Crippen LogP contribution is -1.98. The van der Waals surface area contributed by atoms with Crippen LogP contribution in [0.15, 0.2) is 30.3 Å². The van der Waals surface area contributed by atoms with E-state index in [1.807, 2.05) is 6.07 Å². The number of hydrogen-bond acceptors (Lipinski definition) is 5. The molecule has 0 bridgehead atoms. The minimum atomic E-state index is 0.223. The molecule has 2 N–H and O–H groups in total. The second kappa shape index (κ2) is 5.43. The Kier molecular flexibility index (Phi) is 3.70. The minimum Gasteiger partial charge on any atom is -0.508 e. The van der Waals surface area contributed by atoms with E-state index in [1.165, 1.54) is 11.3 Å². The van der Waals surface area contributed by atoms with Crippen LogP contribution in [0.5, 0.6) is 11.5 Å². The molecule has 0 saturated heterocycles. The van der Waals surface area contributed by atoms with Crippen molar-refractivity contribution in [2.45, 2.75) is 6.54 Å². The van der Waals surface area contributed by atoms with E-state index in [9.17, 15) is 5.11 Å². The van der Waals surface area contributed by atoms with Gasteiger partial charge in [-0.3, -0.25) is 0 Å². The number of ether oxygens (including phenoxy) is 1. The van der Waals surface area contributed by atoms with E-state index < -0.39 is 0 Å². The molecule has 1 heterocycles. The van der Waals surface area contributed by atoms with Gasteiger partial charge in [-0.15, -0.1) is 11.3 Å².